The van der Waals surface area contributed by atoms with Crippen LogP contribution in [0.5, 0.6) is 0 Å². The smallest absolute Gasteiger partial charge is 0.162 e. The van der Waals surface area contributed by atoms with Gasteiger partial charge in [0.25, 0.3) is 0 Å². The van der Waals surface area contributed by atoms with Crippen LogP contribution in [0.2, 0.25) is 0 Å². The first-order valence-electron chi connectivity index (χ1n) is 4.74. The summed E-state index contributed by atoms with van der Waals surface area (Å²) >= 11 is 0. The number of aliphatic hydroxyl groups is 3. The molecule has 0 saturated carbocycles. The molecule has 1 rings (SSSR count). The average molecular weight is 228 g/mol. The van der Waals surface area contributed by atoms with E-state index in [9.17, 15) is 19.4 Å². The second-order valence-corrected chi connectivity index (χ2v) is 3.49. The SMILES string of the molecule is CC(=O)c1cc(C(O)C(O)CO)ccc1F. The highest BCUT2D eigenvalue weighted by molar-refractivity contribution is 5.94. The second-order valence-electron chi connectivity index (χ2n) is 3.49. The van der Waals surface area contributed by atoms with Crippen LogP contribution in [0.3, 0.4) is 0 Å². The van der Waals surface area contributed by atoms with Gasteiger partial charge in [0, 0.05) is 0 Å². The van der Waals surface area contributed by atoms with Crippen molar-refractivity contribution in [1.29, 1.82) is 0 Å². The zero-order valence-electron chi connectivity index (χ0n) is 8.72. The fourth-order valence-electron chi connectivity index (χ4n) is 1.32. The van der Waals surface area contributed by atoms with Gasteiger partial charge >= 0.3 is 0 Å². The van der Waals surface area contributed by atoms with Crippen LogP contribution in [0, 0.1) is 5.82 Å². The first kappa shape index (κ1) is 12.8. The fraction of sp³-hybridized carbons (Fsp3) is 0.364. The molecule has 16 heavy (non-hydrogen) atoms. The minimum Gasteiger partial charge on any atom is -0.394 e. The van der Waals surface area contributed by atoms with Crippen LogP contribution in [0.15, 0.2) is 18.2 Å². The van der Waals surface area contributed by atoms with E-state index >= 15 is 0 Å². The van der Waals surface area contributed by atoms with E-state index in [0.717, 1.165) is 6.07 Å². The highest BCUT2D eigenvalue weighted by Gasteiger charge is 2.19. The molecule has 0 radical (unpaired) electrons. The lowest BCUT2D eigenvalue weighted by atomic mass is 10.0. The number of aliphatic hydroxyl groups excluding tert-OH is 3. The Morgan fingerprint density at radius 2 is 2.06 bits per heavy atom. The molecule has 1 aromatic rings. The first-order chi connectivity index (χ1) is 7.47. The number of benzene rings is 1. The topological polar surface area (TPSA) is 77.8 Å². The van der Waals surface area contributed by atoms with Gasteiger partial charge in [0.1, 0.15) is 18.0 Å². The third-order valence-corrected chi connectivity index (χ3v) is 2.26. The molecule has 0 aliphatic carbocycles. The quantitative estimate of drug-likeness (QED) is 0.652. The summed E-state index contributed by atoms with van der Waals surface area (Å²) < 4.78 is 13.2. The van der Waals surface area contributed by atoms with Crippen LogP contribution in [0.1, 0.15) is 28.9 Å². The molecule has 0 bridgehead atoms. The molecule has 2 unspecified atom stereocenters. The molecule has 0 saturated heterocycles. The number of hydrogen-bond donors (Lipinski definition) is 3. The summed E-state index contributed by atoms with van der Waals surface area (Å²) in [5.74, 6) is -1.15. The van der Waals surface area contributed by atoms with Crippen molar-refractivity contribution >= 4 is 5.78 Å². The maximum absolute atomic E-state index is 13.2. The van der Waals surface area contributed by atoms with E-state index in [-0.39, 0.29) is 11.1 Å². The van der Waals surface area contributed by atoms with Gasteiger partial charge in [-0.05, 0) is 24.6 Å². The maximum atomic E-state index is 13.2. The molecule has 4 nitrogen and oxygen atoms in total. The predicted molar refractivity (Wildman–Crippen MR) is 54.5 cm³/mol. The number of ketones is 1. The van der Waals surface area contributed by atoms with E-state index in [1.165, 1.54) is 19.1 Å². The first-order valence-corrected chi connectivity index (χ1v) is 4.74. The van der Waals surface area contributed by atoms with Crippen LogP contribution >= 0.6 is 0 Å². The highest BCUT2D eigenvalue weighted by Crippen LogP contribution is 2.20. The van der Waals surface area contributed by atoms with Gasteiger partial charge in [-0.2, -0.15) is 0 Å². The molecule has 3 N–H and O–H groups in total. The minimum atomic E-state index is -1.36. The van der Waals surface area contributed by atoms with Crippen molar-refractivity contribution in [1.82, 2.24) is 0 Å². The number of hydrogen-bond acceptors (Lipinski definition) is 4. The predicted octanol–water partition coefficient (Wildman–Crippen LogP) is 0.415. The van der Waals surface area contributed by atoms with Crippen molar-refractivity contribution in [3.63, 3.8) is 0 Å². The number of rotatable bonds is 4. The molecule has 0 aliphatic heterocycles. The fourth-order valence-corrected chi connectivity index (χ4v) is 1.32. The Hall–Kier alpha value is -1.30. The molecule has 0 amide bonds. The van der Waals surface area contributed by atoms with Crippen LogP contribution in [-0.2, 0) is 0 Å². The standard InChI is InChI=1S/C11H13FO4/c1-6(14)8-4-7(2-3-9(8)12)11(16)10(15)5-13/h2-4,10-11,13,15-16H,5H2,1H3. The van der Waals surface area contributed by atoms with Gasteiger partial charge in [-0.25, -0.2) is 4.39 Å². The monoisotopic (exact) mass is 228 g/mol. The van der Waals surface area contributed by atoms with Crippen LogP contribution in [0.4, 0.5) is 4.39 Å². The lowest BCUT2D eigenvalue weighted by Gasteiger charge is -2.16. The van der Waals surface area contributed by atoms with Crippen molar-refractivity contribution in [3.8, 4) is 0 Å². The molecule has 0 aromatic heterocycles. The molecule has 0 heterocycles. The van der Waals surface area contributed by atoms with Gasteiger partial charge in [0.15, 0.2) is 5.78 Å². The summed E-state index contributed by atoms with van der Waals surface area (Å²) in [6.45, 7) is 0.588. The minimum absolute atomic E-state index is 0.151. The zero-order chi connectivity index (χ0) is 12.3. The molecule has 0 fully saturated rings. The molecule has 2 atom stereocenters. The largest absolute Gasteiger partial charge is 0.394 e. The summed E-state index contributed by atoms with van der Waals surface area (Å²) in [5, 5.41) is 27.4. The summed E-state index contributed by atoms with van der Waals surface area (Å²) in [6, 6.07) is 3.46. The Bertz CT molecular complexity index is 392. The molecule has 1 aromatic carbocycles. The van der Waals surface area contributed by atoms with Gasteiger partial charge in [-0.1, -0.05) is 6.07 Å². The Morgan fingerprint density at radius 3 is 2.56 bits per heavy atom. The third kappa shape index (κ3) is 2.63. The zero-order valence-corrected chi connectivity index (χ0v) is 8.72. The highest BCUT2D eigenvalue weighted by atomic mass is 19.1. The maximum Gasteiger partial charge on any atom is 0.162 e. The Balaban J connectivity index is 3.07. The van der Waals surface area contributed by atoms with Crippen LogP contribution in [-0.4, -0.2) is 33.8 Å². The van der Waals surface area contributed by atoms with Crippen LogP contribution < -0.4 is 0 Å². The molecule has 0 spiro atoms. The summed E-state index contributed by atoms with van der Waals surface area (Å²) in [4.78, 5) is 11.0. The number of carbonyl (C=O) groups excluding carboxylic acids is 1. The number of halogens is 1. The Kier molecular flexibility index (Phi) is 4.12. The van der Waals surface area contributed by atoms with E-state index in [4.69, 9.17) is 5.11 Å². The normalized spacial score (nSPS) is 14.6. The van der Waals surface area contributed by atoms with Gasteiger partial charge < -0.3 is 15.3 Å². The van der Waals surface area contributed by atoms with Crippen molar-refractivity contribution < 1.29 is 24.5 Å². The summed E-state index contributed by atoms with van der Waals surface area (Å²) in [6.07, 6.45) is -2.70. The molecular formula is C11H13FO4. The molecule has 5 heteroatoms. The van der Waals surface area contributed by atoms with Crippen molar-refractivity contribution in [2.45, 2.75) is 19.1 Å². The van der Waals surface area contributed by atoms with Gasteiger partial charge in [0.05, 0.1) is 12.2 Å². The summed E-state index contributed by atoms with van der Waals surface area (Å²) in [7, 11) is 0. The van der Waals surface area contributed by atoms with Gasteiger partial charge in [0.2, 0.25) is 0 Å². The van der Waals surface area contributed by atoms with E-state index in [1.807, 2.05) is 0 Å². The third-order valence-electron chi connectivity index (χ3n) is 2.26. The lowest BCUT2D eigenvalue weighted by Crippen LogP contribution is -2.22. The van der Waals surface area contributed by atoms with Crippen molar-refractivity contribution in [2.24, 2.45) is 0 Å². The molecular weight excluding hydrogens is 215 g/mol. The average Bonchev–Trinajstić information content (AvgIpc) is 2.27. The molecule has 88 valence electrons. The van der Waals surface area contributed by atoms with Crippen LogP contribution in [0.25, 0.3) is 0 Å². The van der Waals surface area contributed by atoms with E-state index < -0.39 is 30.4 Å². The Morgan fingerprint density at radius 1 is 1.44 bits per heavy atom. The van der Waals surface area contributed by atoms with E-state index in [1.54, 1.807) is 0 Å². The Labute approximate surface area is 92.0 Å². The second kappa shape index (κ2) is 5.16. The van der Waals surface area contributed by atoms with Gasteiger partial charge in [-0.15, -0.1) is 0 Å². The molecule has 0 aliphatic rings. The lowest BCUT2D eigenvalue weighted by molar-refractivity contribution is -0.0153. The van der Waals surface area contributed by atoms with E-state index in [2.05, 4.69) is 0 Å². The number of Topliss-reactive ketones (excluding diaryl/α,β-unsaturated/α-hetero) is 1. The van der Waals surface area contributed by atoms with Gasteiger partial charge in [-0.3, -0.25) is 4.79 Å². The van der Waals surface area contributed by atoms with Crippen molar-refractivity contribution in [3.05, 3.63) is 35.1 Å². The summed E-state index contributed by atoms with van der Waals surface area (Å²) in [5.41, 5.74) is 0.0369. The van der Waals surface area contributed by atoms with E-state index in [0.29, 0.717) is 0 Å². The van der Waals surface area contributed by atoms with Crippen molar-refractivity contribution in [2.75, 3.05) is 6.61 Å². The number of carbonyl (C=O) groups is 1.